The first-order valence-corrected chi connectivity index (χ1v) is 13.2. The van der Waals surface area contributed by atoms with E-state index >= 15 is 0 Å². The number of furan rings is 1. The van der Waals surface area contributed by atoms with Crippen LogP contribution in [0.1, 0.15) is 27.4 Å². The second-order valence-electron chi connectivity index (χ2n) is 7.92. The van der Waals surface area contributed by atoms with Gasteiger partial charge in [-0.25, -0.2) is 8.42 Å². The first-order valence-electron chi connectivity index (χ1n) is 10.4. The molecule has 1 atom stereocenters. The maximum absolute atomic E-state index is 13.1. The zero-order valence-corrected chi connectivity index (χ0v) is 19.9. The summed E-state index contributed by atoms with van der Waals surface area (Å²) in [5, 5.41) is 2.89. The Bertz CT molecular complexity index is 1290. The summed E-state index contributed by atoms with van der Waals surface area (Å²) in [6.07, 6.45) is 0. The number of nitrogens with one attached hydrogen (secondary N) is 1. The van der Waals surface area contributed by atoms with Crippen LogP contribution in [0.3, 0.4) is 0 Å². The Morgan fingerprint density at radius 1 is 1.06 bits per heavy atom. The normalized spacial score (nSPS) is 16.1. The van der Waals surface area contributed by atoms with Crippen LogP contribution >= 0.6 is 11.8 Å². The van der Waals surface area contributed by atoms with Crippen molar-refractivity contribution in [2.24, 2.45) is 0 Å². The molecule has 0 aliphatic carbocycles. The zero-order chi connectivity index (χ0) is 23.6. The van der Waals surface area contributed by atoms with Crippen molar-refractivity contribution in [1.29, 1.82) is 0 Å². The molecule has 1 aromatic heterocycles. The lowest BCUT2D eigenvalue weighted by Crippen LogP contribution is -2.44. The van der Waals surface area contributed by atoms with Crippen LogP contribution in [0.4, 0.5) is 5.69 Å². The molecule has 3 aromatic rings. The summed E-state index contributed by atoms with van der Waals surface area (Å²) in [7, 11) is -3.60. The van der Waals surface area contributed by atoms with E-state index in [0.29, 0.717) is 17.3 Å². The lowest BCUT2D eigenvalue weighted by Gasteiger charge is -2.22. The average Bonchev–Trinajstić information content (AvgIpc) is 3.46. The predicted molar refractivity (Wildman–Crippen MR) is 128 cm³/mol. The molecular weight excluding hydrogens is 460 g/mol. The first-order chi connectivity index (χ1) is 15.7. The third-order valence-electron chi connectivity index (χ3n) is 5.53. The predicted octanol–water partition coefficient (Wildman–Crippen LogP) is 4.02. The maximum Gasteiger partial charge on any atom is 0.290 e. The summed E-state index contributed by atoms with van der Waals surface area (Å²) >= 11 is 1.48. The largest absolute Gasteiger partial charge is 0.455 e. The molecule has 2 aromatic carbocycles. The first kappa shape index (κ1) is 23.1. The molecule has 1 N–H and O–H groups in total. The number of benzene rings is 2. The van der Waals surface area contributed by atoms with Gasteiger partial charge >= 0.3 is 0 Å². The monoisotopic (exact) mass is 484 g/mol. The van der Waals surface area contributed by atoms with E-state index in [-0.39, 0.29) is 28.1 Å². The van der Waals surface area contributed by atoms with Crippen LogP contribution in [-0.2, 0) is 20.4 Å². The Morgan fingerprint density at radius 2 is 1.82 bits per heavy atom. The molecule has 2 amide bonds. The number of aryl methyl sites for hydroxylation is 2. The highest BCUT2D eigenvalue weighted by molar-refractivity contribution is 7.99. The van der Waals surface area contributed by atoms with Crippen molar-refractivity contribution in [1.82, 2.24) is 4.90 Å². The van der Waals surface area contributed by atoms with Gasteiger partial charge in [0, 0.05) is 11.4 Å². The Labute approximate surface area is 197 Å². The molecule has 172 valence electrons. The molecule has 9 heteroatoms. The van der Waals surface area contributed by atoms with E-state index in [1.54, 1.807) is 18.2 Å². The summed E-state index contributed by atoms with van der Waals surface area (Å²) < 4.78 is 30.7. The number of sulfone groups is 1. The van der Waals surface area contributed by atoms with Crippen molar-refractivity contribution < 1.29 is 22.4 Å². The molecule has 7 nitrogen and oxygen atoms in total. The minimum atomic E-state index is -3.60. The molecule has 1 saturated heterocycles. The summed E-state index contributed by atoms with van der Waals surface area (Å²) in [6.45, 7) is 3.97. The third-order valence-corrected chi connectivity index (χ3v) is 8.19. The van der Waals surface area contributed by atoms with Crippen LogP contribution in [0, 0.1) is 13.8 Å². The van der Waals surface area contributed by atoms with Gasteiger partial charge in [-0.1, -0.05) is 24.3 Å². The van der Waals surface area contributed by atoms with E-state index in [0.717, 1.165) is 11.1 Å². The number of carbonyl (C=O) groups is 2. The van der Waals surface area contributed by atoms with Gasteiger partial charge in [-0.15, -0.1) is 11.8 Å². The van der Waals surface area contributed by atoms with Crippen LogP contribution in [0.5, 0.6) is 0 Å². The summed E-state index contributed by atoms with van der Waals surface area (Å²) in [6, 6.07) is 16.0. The Hall–Kier alpha value is -3.04. The van der Waals surface area contributed by atoms with Gasteiger partial charge in [-0.05, 0) is 61.4 Å². The number of hydrogen-bond acceptors (Lipinski definition) is 6. The molecule has 1 aliphatic rings. The molecule has 0 radical (unpaired) electrons. The minimum absolute atomic E-state index is 0.0137. The number of thioether (sulfide) groups is 1. The van der Waals surface area contributed by atoms with Gasteiger partial charge < -0.3 is 14.6 Å². The highest BCUT2D eigenvalue weighted by atomic mass is 32.2. The van der Waals surface area contributed by atoms with Crippen LogP contribution in [0.25, 0.3) is 0 Å². The standard InChI is InChI=1S/C24H24N2O5S2/c1-16-8-9-18(12-17(16)2)25-23(27)21-13-32-15-26(21)24(28)22-11-10-19(31-22)14-33(29,30)20-6-4-3-5-7-20/h3-12,21H,13-15H2,1-2H3,(H,25,27). The van der Waals surface area contributed by atoms with E-state index in [1.807, 2.05) is 32.0 Å². The molecular formula is C24H24N2O5S2. The molecule has 0 bridgehead atoms. The maximum atomic E-state index is 13.1. The van der Waals surface area contributed by atoms with E-state index in [9.17, 15) is 18.0 Å². The number of nitrogens with zero attached hydrogens (tertiary/aromatic N) is 1. The van der Waals surface area contributed by atoms with E-state index in [1.165, 1.54) is 40.9 Å². The lowest BCUT2D eigenvalue weighted by atomic mass is 10.1. The molecule has 33 heavy (non-hydrogen) atoms. The topological polar surface area (TPSA) is 96.7 Å². The Kier molecular flexibility index (Phi) is 6.62. The smallest absolute Gasteiger partial charge is 0.290 e. The minimum Gasteiger partial charge on any atom is -0.455 e. The van der Waals surface area contributed by atoms with Gasteiger partial charge in [0.15, 0.2) is 15.6 Å². The zero-order valence-electron chi connectivity index (χ0n) is 18.3. The van der Waals surface area contributed by atoms with Crippen molar-refractivity contribution >= 4 is 39.1 Å². The number of amides is 2. The van der Waals surface area contributed by atoms with Crippen LogP contribution in [0.15, 0.2) is 70.0 Å². The molecule has 1 unspecified atom stereocenters. The Balaban J connectivity index is 1.45. The molecule has 0 spiro atoms. The number of hydrogen-bond donors (Lipinski definition) is 1. The molecule has 1 fully saturated rings. The van der Waals surface area contributed by atoms with Gasteiger partial charge in [-0.2, -0.15) is 0 Å². The SMILES string of the molecule is Cc1ccc(NC(=O)C2CSCN2C(=O)c2ccc(CS(=O)(=O)c3ccccc3)o2)cc1C. The lowest BCUT2D eigenvalue weighted by molar-refractivity contribution is -0.119. The van der Waals surface area contributed by atoms with Gasteiger partial charge in [0.1, 0.15) is 17.6 Å². The summed E-state index contributed by atoms with van der Waals surface area (Å²) in [5.41, 5.74) is 2.87. The summed E-state index contributed by atoms with van der Waals surface area (Å²) in [4.78, 5) is 27.6. The second-order valence-corrected chi connectivity index (χ2v) is 10.9. The van der Waals surface area contributed by atoms with Gasteiger partial charge in [0.05, 0.1) is 10.8 Å². The Morgan fingerprint density at radius 3 is 2.55 bits per heavy atom. The number of rotatable bonds is 6. The van der Waals surface area contributed by atoms with E-state index in [2.05, 4.69) is 5.32 Å². The second kappa shape index (κ2) is 9.44. The molecule has 4 rings (SSSR count). The van der Waals surface area contributed by atoms with Gasteiger partial charge in [-0.3, -0.25) is 9.59 Å². The molecule has 1 aliphatic heterocycles. The van der Waals surface area contributed by atoms with Crippen LogP contribution < -0.4 is 5.32 Å². The average molecular weight is 485 g/mol. The number of anilines is 1. The van der Waals surface area contributed by atoms with E-state index in [4.69, 9.17) is 4.42 Å². The third kappa shape index (κ3) is 5.15. The van der Waals surface area contributed by atoms with E-state index < -0.39 is 21.8 Å². The van der Waals surface area contributed by atoms with Crippen molar-refractivity contribution in [3.8, 4) is 0 Å². The van der Waals surface area contributed by atoms with Crippen molar-refractivity contribution in [3.63, 3.8) is 0 Å². The number of carbonyl (C=O) groups excluding carboxylic acids is 2. The van der Waals surface area contributed by atoms with Crippen molar-refractivity contribution in [3.05, 3.63) is 83.3 Å². The van der Waals surface area contributed by atoms with Crippen molar-refractivity contribution in [2.45, 2.75) is 30.5 Å². The van der Waals surface area contributed by atoms with Crippen LogP contribution in [-0.4, -0.2) is 42.8 Å². The molecule has 0 saturated carbocycles. The summed E-state index contributed by atoms with van der Waals surface area (Å²) in [5.74, 6) is -0.0559. The fourth-order valence-corrected chi connectivity index (χ4v) is 5.94. The van der Waals surface area contributed by atoms with Crippen LogP contribution in [0.2, 0.25) is 0 Å². The molecule has 2 heterocycles. The fourth-order valence-electron chi connectivity index (χ4n) is 3.52. The van der Waals surface area contributed by atoms with Crippen molar-refractivity contribution in [2.75, 3.05) is 16.9 Å². The fraction of sp³-hybridized carbons (Fsp3) is 0.250. The highest BCUT2D eigenvalue weighted by Crippen LogP contribution is 2.26. The van der Waals surface area contributed by atoms with Gasteiger partial charge in [0.2, 0.25) is 5.91 Å². The quantitative estimate of drug-likeness (QED) is 0.568. The van der Waals surface area contributed by atoms with Gasteiger partial charge in [0.25, 0.3) is 5.91 Å². The highest BCUT2D eigenvalue weighted by Gasteiger charge is 2.36.